The number of hydrogen-bond donors (Lipinski definition) is 1. The van der Waals surface area contributed by atoms with Crippen LogP contribution in [-0.2, 0) is 4.79 Å². The zero-order valence-electron chi connectivity index (χ0n) is 12.7. The van der Waals surface area contributed by atoms with E-state index in [1.54, 1.807) is 0 Å². The second-order valence-corrected chi connectivity index (χ2v) is 7.18. The van der Waals surface area contributed by atoms with Crippen LogP contribution in [0.4, 0.5) is 0 Å². The van der Waals surface area contributed by atoms with E-state index in [4.69, 9.17) is 5.73 Å². The monoisotopic (exact) mass is 267 g/mol. The summed E-state index contributed by atoms with van der Waals surface area (Å²) in [6, 6.07) is 0.258. The van der Waals surface area contributed by atoms with Crippen LogP contribution < -0.4 is 5.73 Å². The molecule has 110 valence electrons. The van der Waals surface area contributed by atoms with E-state index < -0.39 is 0 Å². The molecular formula is C15H29N3O. The molecule has 0 radical (unpaired) electrons. The first kappa shape index (κ1) is 14.8. The Labute approximate surface area is 117 Å². The van der Waals surface area contributed by atoms with Gasteiger partial charge in [-0.3, -0.25) is 9.69 Å². The van der Waals surface area contributed by atoms with Crippen molar-refractivity contribution in [2.75, 3.05) is 32.7 Å². The van der Waals surface area contributed by atoms with Crippen LogP contribution in [0.2, 0.25) is 0 Å². The summed E-state index contributed by atoms with van der Waals surface area (Å²) in [5, 5.41) is 0. The molecule has 0 saturated carbocycles. The van der Waals surface area contributed by atoms with Gasteiger partial charge in [0.05, 0.1) is 6.54 Å². The molecule has 4 heteroatoms. The zero-order valence-corrected chi connectivity index (χ0v) is 12.7. The second kappa shape index (κ2) is 5.80. The van der Waals surface area contributed by atoms with Crippen molar-refractivity contribution < 1.29 is 4.79 Å². The van der Waals surface area contributed by atoms with E-state index in [1.165, 1.54) is 6.42 Å². The van der Waals surface area contributed by atoms with Crippen molar-refractivity contribution in [3.8, 4) is 0 Å². The number of carbonyl (C=O) groups excluding carboxylic acids is 1. The number of likely N-dealkylation sites (tertiary alicyclic amines) is 2. The first-order valence-electron chi connectivity index (χ1n) is 7.64. The molecule has 2 heterocycles. The molecule has 4 nitrogen and oxygen atoms in total. The predicted octanol–water partition coefficient (Wildman–Crippen LogP) is 1.30. The maximum atomic E-state index is 12.4. The van der Waals surface area contributed by atoms with Gasteiger partial charge in [-0.25, -0.2) is 0 Å². The van der Waals surface area contributed by atoms with Gasteiger partial charge in [0.2, 0.25) is 5.91 Å². The van der Waals surface area contributed by atoms with Crippen LogP contribution in [0.15, 0.2) is 0 Å². The number of carbonyl (C=O) groups is 1. The zero-order chi connectivity index (χ0) is 14.0. The second-order valence-electron chi connectivity index (χ2n) is 7.18. The Morgan fingerprint density at radius 2 is 2.05 bits per heavy atom. The van der Waals surface area contributed by atoms with E-state index >= 15 is 0 Å². The van der Waals surface area contributed by atoms with Crippen molar-refractivity contribution in [3.05, 3.63) is 0 Å². The average Bonchev–Trinajstić information content (AvgIpc) is 2.33. The average molecular weight is 267 g/mol. The number of rotatable bonds is 2. The van der Waals surface area contributed by atoms with Crippen molar-refractivity contribution >= 4 is 5.91 Å². The summed E-state index contributed by atoms with van der Waals surface area (Å²) in [7, 11) is 0. The minimum atomic E-state index is 0.119. The van der Waals surface area contributed by atoms with Crippen LogP contribution in [0.3, 0.4) is 0 Å². The summed E-state index contributed by atoms with van der Waals surface area (Å²) in [6.07, 6.45) is 3.41. The highest BCUT2D eigenvalue weighted by molar-refractivity contribution is 5.78. The van der Waals surface area contributed by atoms with E-state index in [2.05, 4.69) is 30.6 Å². The number of hydrogen-bond acceptors (Lipinski definition) is 3. The normalized spacial score (nSPS) is 32.3. The lowest BCUT2D eigenvalue weighted by atomic mass is 9.80. The molecule has 0 aromatic rings. The Balaban J connectivity index is 1.85. The lowest BCUT2D eigenvalue weighted by molar-refractivity contribution is -0.135. The Kier molecular flexibility index (Phi) is 4.51. The summed E-state index contributed by atoms with van der Waals surface area (Å²) in [4.78, 5) is 16.7. The first-order chi connectivity index (χ1) is 8.88. The molecular weight excluding hydrogens is 238 g/mol. The van der Waals surface area contributed by atoms with Crippen molar-refractivity contribution in [2.24, 2.45) is 17.1 Å². The molecule has 2 aliphatic heterocycles. The van der Waals surface area contributed by atoms with Gasteiger partial charge in [-0.1, -0.05) is 20.8 Å². The van der Waals surface area contributed by atoms with Gasteiger partial charge in [0, 0.05) is 32.2 Å². The SMILES string of the molecule is CC1CCCN(C(=O)CN2CCC(N)C(C)(C)C2)C1. The first-order valence-corrected chi connectivity index (χ1v) is 7.64. The number of piperidine rings is 2. The quantitative estimate of drug-likeness (QED) is 0.820. The lowest BCUT2D eigenvalue weighted by Gasteiger charge is -2.43. The molecule has 19 heavy (non-hydrogen) atoms. The molecule has 0 aromatic carbocycles. The Morgan fingerprint density at radius 3 is 2.68 bits per heavy atom. The third kappa shape index (κ3) is 3.69. The Morgan fingerprint density at radius 1 is 1.32 bits per heavy atom. The third-order valence-electron chi connectivity index (χ3n) is 4.76. The van der Waals surface area contributed by atoms with Crippen LogP contribution in [0, 0.1) is 11.3 Å². The van der Waals surface area contributed by atoms with Crippen LogP contribution in [0.25, 0.3) is 0 Å². The van der Waals surface area contributed by atoms with Gasteiger partial charge < -0.3 is 10.6 Å². The molecule has 2 rings (SSSR count). The minimum absolute atomic E-state index is 0.119. The number of amides is 1. The molecule has 2 aliphatic rings. The van der Waals surface area contributed by atoms with E-state index in [1.807, 2.05) is 0 Å². The lowest BCUT2D eigenvalue weighted by Crippen LogP contribution is -2.55. The van der Waals surface area contributed by atoms with Gasteiger partial charge in [-0.05, 0) is 30.6 Å². The third-order valence-corrected chi connectivity index (χ3v) is 4.76. The molecule has 0 bridgehead atoms. The van der Waals surface area contributed by atoms with Crippen LogP contribution in [0.1, 0.15) is 40.0 Å². The molecule has 2 atom stereocenters. The summed E-state index contributed by atoms with van der Waals surface area (Å²) in [5.41, 5.74) is 6.26. The fourth-order valence-corrected chi connectivity index (χ4v) is 3.33. The highest BCUT2D eigenvalue weighted by Gasteiger charge is 2.34. The van der Waals surface area contributed by atoms with E-state index in [0.29, 0.717) is 18.4 Å². The van der Waals surface area contributed by atoms with E-state index in [9.17, 15) is 4.79 Å². The van der Waals surface area contributed by atoms with Crippen molar-refractivity contribution in [3.63, 3.8) is 0 Å². The van der Waals surface area contributed by atoms with Crippen LogP contribution in [-0.4, -0.2) is 54.5 Å². The number of nitrogens with zero attached hydrogens (tertiary/aromatic N) is 2. The summed E-state index contributed by atoms with van der Waals surface area (Å²) >= 11 is 0. The molecule has 2 unspecified atom stereocenters. The molecule has 2 saturated heterocycles. The topological polar surface area (TPSA) is 49.6 Å². The van der Waals surface area contributed by atoms with Crippen LogP contribution in [0.5, 0.6) is 0 Å². The van der Waals surface area contributed by atoms with Gasteiger partial charge in [0.25, 0.3) is 0 Å². The van der Waals surface area contributed by atoms with Gasteiger partial charge in [0.1, 0.15) is 0 Å². The van der Waals surface area contributed by atoms with Crippen LogP contribution >= 0.6 is 0 Å². The van der Waals surface area contributed by atoms with E-state index in [0.717, 1.165) is 39.0 Å². The molecule has 2 N–H and O–H groups in total. The maximum absolute atomic E-state index is 12.4. The van der Waals surface area contributed by atoms with Gasteiger partial charge in [0.15, 0.2) is 0 Å². The summed E-state index contributed by atoms with van der Waals surface area (Å²) in [6.45, 7) is 11.0. The summed E-state index contributed by atoms with van der Waals surface area (Å²) < 4.78 is 0. The Bertz CT molecular complexity index is 329. The highest BCUT2D eigenvalue weighted by Crippen LogP contribution is 2.27. The maximum Gasteiger partial charge on any atom is 0.236 e. The van der Waals surface area contributed by atoms with Crippen molar-refractivity contribution in [1.29, 1.82) is 0 Å². The molecule has 0 spiro atoms. The highest BCUT2D eigenvalue weighted by atomic mass is 16.2. The van der Waals surface area contributed by atoms with Crippen molar-refractivity contribution in [1.82, 2.24) is 9.80 Å². The minimum Gasteiger partial charge on any atom is -0.341 e. The molecule has 0 aromatic heterocycles. The fourth-order valence-electron chi connectivity index (χ4n) is 3.33. The summed E-state index contributed by atoms with van der Waals surface area (Å²) in [5.74, 6) is 0.960. The van der Waals surface area contributed by atoms with Gasteiger partial charge in [-0.2, -0.15) is 0 Å². The van der Waals surface area contributed by atoms with Gasteiger partial charge in [-0.15, -0.1) is 0 Å². The molecule has 1 amide bonds. The number of nitrogens with two attached hydrogens (primary N) is 1. The smallest absolute Gasteiger partial charge is 0.236 e. The Hall–Kier alpha value is -0.610. The fraction of sp³-hybridized carbons (Fsp3) is 0.933. The predicted molar refractivity (Wildman–Crippen MR) is 77.8 cm³/mol. The van der Waals surface area contributed by atoms with E-state index in [-0.39, 0.29) is 11.5 Å². The van der Waals surface area contributed by atoms with Crippen molar-refractivity contribution in [2.45, 2.75) is 46.1 Å². The largest absolute Gasteiger partial charge is 0.341 e. The molecule has 2 fully saturated rings. The van der Waals surface area contributed by atoms with Gasteiger partial charge >= 0.3 is 0 Å². The standard InChI is InChI=1S/C15H29N3O/c1-12-5-4-7-18(9-12)14(19)10-17-8-6-13(16)15(2,3)11-17/h12-13H,4-11,16H2,1-3H3. The molecule has 0 aliphatic carbocycles.